The third kappa shape index (κ3) is 7.30. The standard InChI is InChI=1S/C21H30FN5O2/c1-14(19(28)23-20(29)24-21(2,3)4)27(5)12-6-7-17-13-18(26-25-17)15-8-10-16(22)11-9-15/h8-11,13-14H,6-7,12H2,1-5H3,(H,25,26)(H2,23,24,28,29). The molecule has 2 aromatic rings. The van der Waals surface area contributed by atoms with Crippen LogP contribution >= 0.6 is 0 Å². The van der Waals surface area contributed by atoms with Gasteiger partial charge in [0.25, 0.3) is 0 Å². The normalized spacial score (nSPS) is 12.7. The molecule has 158 valence electrons. The highest BCUT2D eigenvalue weighted by atomic mass is 19.1. The molecule has 0 radical (unpaired) electrons. The average Bonchev–Trinajstić information content (AvgIpc) is 3.08. The maximum absolute atomic E-state index is 13.0. The number of aromatic amines is 1. The summed E-state index contributed by atoms with van der Waals surface area (Å²) < 4.78 is 13.0. The van der Waals surface area contributed by atoms with Gasteiger partial charge in [-0.05, 0) is 84.5 Å². The lowest BCUT2D eigenvalue weighted by atomic mass is 10.1. The van der Waals surface area contributed by atoms with Crippen molar-refractivity contribution in [3.63, 3.8) is 0 Å². The summed E-state index contributed by atoms with van der Waals surface area (Å²) >= 11 is 0. The highest BCUT2D eigenvalue weighted by Gasteiger charge is 2.22. The van der Waals surface area contributed by atoms with Crippen LogP contribution in [0.3, 0.4) is 0 Å². The molecule has 1 aromatic heterocycles. The molecule has 0 spiro atoms. The Balaban J connectivity index is 1.79. The number of nitrogens with zero attached hydrogens (tertiary/aromatic N) is 2. The minimum atomic E-state index is -0.492. The van der Waals surface area contributed by atoms with Crippen LogP contribution < -0.4 is 10.6 Å². The third-order valence-electron chi connectivity index (χ3n) is 4.49. The first-order chi connectivity index (χ1) is 13.5. The number of aryl methyl sites for hydroxylation is 1. The van der Waals surface area contributed by atoms with E-state index in [0.29, 0.717) is 6.54 Å². The second kappa shape index (κ2) is 9.65. The van der Waals surface area contributed by atoms with Crippen LogP contribution in [0.1, 0.15) is 39.8 Å². The van der Waals surface area contributed by atoms with Crippen LogP contribution in [0.4, 0.5) is 9.18 Å². The summed E-state index contributed by atoms with van der Waals surface area (Å²) in [7, 11) is 1.85. The lowest BCUT2D eigenvalue weighted by Crippen LogP contribution is -2.52. The van der Waals surface area contributed by atoms with Gasteiger partial charge in [-0.25, -0.2) is 9.18 Å². The minimum Gasteiger partial charge on any atom is -0.333 e. The third-order valence-corrected chi connectivity index (χ3v) is 4.49. The second-order valence-electron chi connectivity index (χ2n) is 8.24. The number of hydrogen-bond acceptors (Lipinski definition) is 4. The van der Waals surface area contributed by atoms with Gasteiger partial charge in [-0.3, -0.25) is 20.1 Å². The number of nitrogens with one attached hydrogen (secondary N) is 3. The Kier molecular flexibility index (Phi) is 7.50. The van der Waals surface area contributed by atoms with Crippen LogP contribution in [0.2, 0.25) is 0 Å². The van der Waals surface area contributed by atoms with Gasteiger partial charge in [0.05, 0.1) is 11.7 Å². The Bertz CT molecular complexity index is 826. The summed E-state index contributed by atoms with van der Waals surface area (Å²) in [5.41, 5.74) is 2.19. The summed E-state index contributed by atoms with van der Waals surface area (Å²) in [6.07, 6.45) is 1.57. The smallest absolute Gasteiger partial charge is 0.321 e. The molecule has 1 heterocycles. The molecule has 29 heavy (non-hydrogen) atoms. The van der Waals surface area contributed by atoms with E-state index in [1.807, 2.05) is 38.8 Å². The molecule has 1 unspecified atom stereocenters. The Morgan fingerprint density at radius 1 is 1.24 bits per heavy atom. The van der Waals surface area contributed by atoms with Gasteiger partial charge in [0.2, 0.25) is 5.91 Å². The van der Waals surface area contributed by atoms with Crippen molar-refractivity contribution in [3.05, 3.63) is 41.8 Å². The summed E-state index contributed by atoms with van der Waals surface area (Å²) in [5, 5.41) is 12.4. The summed E-state index contributed by atoms with van der Waals surface area (Å²) in [5.74, 6) is -0.615. The van der Waals surface area contributed by atoms with Crippen molar-refractivity contribution in [3.8, 4) is 11.3 Å². The van der Waals surface area contributed by atoms with Gasteiger partial charge in [0.15, 0.2) is 0 Å². The zero-order valence-electron chi connectivity index (χ0n) is 17.7. The van der Waals surface area contributed by atoms with Gasteiger partial charge in [-0.2, -0.15) is 5.10 Å². The number of H-pyrrole nitrogens is 1. The SMILES string of the molecule is CC(C(=O)NC(=O)NC(C)(C)C)N(C)CCCc1cc(-c2ccc(F)cc2)n[nH]1. The second-order valence-corrected chi connectivity index (χ2v) is 8.24. The Morgan fingerprint density at radius 2 is 1.90 bits per heavy atom. The van der Waals surface area contributed by atoms with Crippen molar-refractivity contribution in [2.45, 2.75) is 52.1 Å². The van der Waals surface area contributed by atoms with Crippen LogP contribution in [0.25, 0.3) is 11.3 Å². The Hall–Kier alpha value is -2.74. The predicted molar refractivity (Wildman–Crippen MR) is 111 cm³/mol. The number of halogens is 1. The maximum Gasteiger partial charge on any atom is 0.321 e. The molecule has 0 bridgehead atoms. The largest absolute Gasteiger partial charge is 0.333 e. The van der Waals surface area contributed by atoms with Crippen LogP contribution in [-0.2, 0) is 11.2 Å². The molecule has 0 aliphatic carbocycles. The fourth-order valence-corrected chi connectivity index (χ4v) is 2.76. The van der Waals surface area contributed by atoms with Crippen LogP contribution in [0.15, 0.2) is 30.3 Å². The number of rotatable bonds is 7. The quantitative estimate of drug-likeness (QED) is 0.663. The number of carbonyl (C=O) groups is 2. The molecular weight excluding hydrogens is 373 g/mol. The van der Waals surface area contributed by atoms with Crippen LogP contribution in [0, 0.1) is 5.82 Å². The number of likely N-dealkylation sites (N-methyl/N-ethyl adjacent to an activating group) is 1. The highest BCUT2D eigenvalue weighted by molar-refractivity contribution is 5.97. The highest BCUT2D eigenvalue weighted by Crippen LogP contribution is 2.18. The monoisotopic (exact) mass is 403 g/mol. The minimum absolute atomic E-state index is 0.276. The van der Waals surface area contributed by atoms with Crippen molar-refractivity contribution < 1.29 is 14.0 Å². The average molecular weight is 404 g/mol. The molecule has 3 N–H and O–H groups in total. The fourth-order valence-electron chi connectivity index (χ4n) is 2.76. The molecule has 0 saturated carbocycles. The number of amides is 3. The molecule has 7 nitrogen and oxygen atoms in total. The number of imide groups is 1. The molecule has 8 heteroatoms. The number of carbonyl (C=O) groups excluding carboxylic acids is 2. The van der Waals surface area contributed by atoms with Crippen molar-refractivity contribution >= 4 is 11.9 Å². The van der Waals surface area contributed by atoms with Gasteiger partial charge < -0.3 is 5.32 Å². The Labute approximate surface area is 171 Å². The number of hydrogen-bond donors (Lipinski definition) is 3. The van der Waals surface area contributed by atoms with Crippen LogP contribution in [0.5, 0.6) is 0 Å². The molecule has 3 amide bonds. The summed E-state index contributed by atoms with van der Waals surface area (Å²) in [6.45, 7) is 8.00. The number of aromatic nitrogens is 2. The molecular formula is C21H30FN5O2. The molecule has 0 aliphatic heterocycles. The zero-order valence-corrected chi connectivity index (χ0v) is 17.7. The van der Waals surface area contributed by atoms with E-state index in [-0.39, 0.29) is 11.7 Å². The molecule has 2 rings (SSSR count). The topological polar surface area (TPSA) is 90.1 Å². The van der Waals surface area contributed by atoms with Crippen LogP contribution in [-0.4, -0.2) is 52.2 Å². The van der Waals surface area contributed by atoms with E-state index in [9.17, 15) is 14.0 Å². The first kappa shape index (κ1) is 22.5. The van der Waals surface area contributed by atoms with E-state index < -0.39 is 17.6 Å². The summed E-state index contributed by atoms with van der Waals surface area (Å²) in [6, 6.07) is 7.23. The van der Waals surface area contributed by atoms with E-state index in [1.54, 1.807) is 19.1 Å². The molecule has 1 atom stereocenters. The van der Waals surface area contributed by atoms with E-state index in [1.165, 1.54) is 12.1 Å². The Morgan fingerprint density at radius 3 is 2.52 bits per heavy atom. The van der Waals surface area contributed by atoms with Crippen molar-refractivity contribution in [2.24, 2.45) is 0 Å². The fraction of sp³-hybridized carbons (Fsp3) is 0.476. The predicted octanol–water partition coefficient (Wildman–Crippen LogP) is 3.09. The van der Waals surface area contributed by atoms with E-state index in [2.05, 4.69) is 20.8 Å². The van der Waals surface area contributed by atoms with Crippen molar-refractivity contribution in [2.75, 3.05) is 13.6 Å². The molecule has 0 saturated heterocycles. The van der Waals surface area contributed by atoms with Crippen molar-refractivity contribution in [1.29, 1.82) is 0 Å². The first-order valence-corrected chi connectivity index (χ1v) is 9.68. The summed E-state index contributed by atoms with van der Waals surface area (Å²) in [4.78, 5) is 26.0. The van der Waals surface area contributed by atoms with Crippen molar-refractivity contribution in [1.82, 2.24) is 25.7 Å². The maximum atomic E-state index is 13.0. The van der Waals surface area contributed by atoms with Gasteiger partial charge in [0, 0.05) is 16.8 Å². The van der Waals surface area contributed by atoms with Gasteiger partial charge in [-0.15, -0.1) is 0 Å². The first-order valence-electron chi connectivity index (χ1n) is 9.68. The lowest BCUT2D eigenvalue weighted by molar-refractivity contribution is -0.124. The van der Waals surface area contributed by atoms with E-state index >= 15 is 0 Å². The van der Waals surface area contributed by atoms with E-state index in [0.717, 1.165) is 29.8 Å². The lowest BCUT2D eigenvalue weighted by Gasteiger charge is -2.25. The molecule has 0 aliphatic rings. The molecule has 0 fully saturated rings. The van der Waals surface area contributed by atoms with E-state index in [4.69, 9.17) is 0 Å². The van der Waals surface area contributed by atoms with Gasteiger partial charge in [0.1, 0.15) is 5.82 Å². The van der Waals surface area contributed by atoms with Gasteiger partial charge in [-0.1, -0.05) is 0 Å². The zero-order chi connectivity index (χ0) is 21.6. The van der Waals surface area contributed by atoms with Gasteiger partial charge >= 0.3 is 6.03 Å². The number of benzene rings is 1. The number of urea groups is 1. The molecule has 1 aromatic carbocycles.